The van der Waals surface area contributed by atoms with Crippen molar-refractivity contribution in [1.82, 2.24) is 10.2 Å². The van der Waals surface area contributed by atoms with Crippen LogP contribution in [0.5, 0.6) is 0 Å². The number of rotatable bonds is 3. The van der Waals surface area contributed by atoms with E-state index < -0.39 is 0 Å². The minimum Gasteiger partial charge on any atom is -0.314 e. The van der Waals surface area contributed by atoms with Crippen molar-refractivity contribution in [1.29, 1.82) is 0 Å². The normalized spacial score (nSPS) is 27.2. The van der Waals surface area contributed by atoms with E-state index in [9.17, 15) is 0 Å². The maximum atomic E-state index is 3.58. The van der Waals surface area contributed by atoms with Gasteiger partial charge in [-0.3, -0.25) is 4.90 Å². The Labute approximate surface area is 91.8 Å². The van der Waals surface area contributed by atoms with Gasteiger partial charge in [0.25, 0.3) is 0 Å². The first-order valence-electron chi connectivity index (χ1n) is 5.82. The van der Waals surface area contributed by atoms with Crippen molar-refractivity contribution in [3.8, 4) is 0 Å². The summed E-state index contributed by atoms with van der Waals surface area (Å²) in [5.74, 6) is 1.29. The van der Waals surface area contributed by atoms with Crippen LogP contribution in [-0.2, 0) is 0 Å². The second-order valence-electron chi connectivity index (χ2n) is 4.59. The van der Waals surface area contributed by atoms with E-state index in [2.05, 4.69) is 16.5 Å². The van der Waals surface area contributed by atoms with Crippen LogP contribution in [0.4, 0.5) is 0 Å². The van der Waals surface area contributed by atoms with Crippen molar-refractivity contribution in [3.63, 3.8) is 0 Å². The Hall–Kier alpha value is 0.270. The van der Waals surface area contributed by atoms with Crippen LogP contribution in [0.1, 0.15) is 25.7 Å². The third-order valence-electron chi connectivity index (χ3n) is 3.78. The quantitative estimate of drug-likeness (QED) is 0.768. The van der Waals surface area contributed by atoms with Crippen molar-refractivity contribution in [2.75, 3.05) is 38.2 Å². The number of thioether (sulfide) groups is 1. The van der Waals surface area contributed by atoms with Gasteiger partial charge in [-0.1, -0.05) is 12.8 Å². The van der Waals surface area contributed by atoms with Gasteiger partial charge in [0.2, 0.25) is 0 Å². The lowest BCUT2D eigenvalue weighted by molar-refractivity contribution is 0.0719. The van der Waals surface area contributed by atoms with Crippen molar-refractivity contribution in [3.05, 3.63) is 0 Å². The van der Waals surface area contributed by atoms with Gasteiger partial charge in [0.1, 0.15) is 0 Å². The molecule has 2 nitrogen and oxygen atoms in total. The molecule has 1 saturated carbocycles. The van der Waals surface area contributed by atoms with Gasteiger partial charge in [-0.05, 0) is 19.1 Å². The van der Waals surface area contributed by atoms with Crippen molar-refractivity contribution < 1.29 is 0 Å². The predicted octanol–water partition coefficient (Wildman–Crippen LogP) is 1.57. The van der Waals surface area contributed by atoms with Gasteiger partial charge in [0.05, 0.1) is 0 Å². The third kappa shape index (κ3) is 2.10. The molecule has 1 spiro atoms. The lowest BCUT2D eigenvalue weighted by Gasteiger charge is -2.45. The minimum absolute atomic E-state index is 0.550. The van der Waals surface area contributed by atoms with Crippen molar-refractivity contribution in [2.24, 2.45) is 0 Å². The SMILES string of the molecule is CSCCN1CCNCC12CCCC2. The molecule has 1 aliphatic heterocycles. The Balaban J connectivity index is 1.95. The molecule has 1 heterocycles. The third-order valence-corrected chi connectivity index (χ3v) is 4.37. The summed E-state index contributed by atoms with van der Waals surface area (Å²) in [6.45, 7) is 4.99. The smallest absolute Gasteiger partial charge is 0.0334 e. The summed E-state index contributed by atoms with van der Waals surface area (Å²) in [7, 11) is 0. The highest BCUT2D eigenvalue weighted by Gasteiger charge is 2.40. The van der Waals surface area contributed by atoms with E-state index in [1.54, 1.807) is 0 Å². The van der Waals surface area contributed by atoms with Crippen LogP contribution in [0.15, 0.2) is 0 Å². The zero-order valence-electron chi connectivity index (χ0n) is 9.22. The fourth-order valence-corrected chi connectivity index (χ4v) is 3.36. The molecule has 1 aliphatic carbocycles. The van der Waals surface area contributed by atoms with E-state index in [4.69, 9.17) is 0 Å². The van der Waals surface area contributed by atoms with E-state index in [0.717, 1.165) is 0 Å². The number of piperazine rings is 1. The zero-order valence-corrected chi connectivity index (χ0v) is 10.0. The Bertz CT molecular complexity index is 178. The molecule has 0 unspecified atom stereocenters. The molecular weight excluding hydrogens is 192 g/mol. The molecule has 2 rings (SSSR count). The van der Waals surface area contributed by atoms with Gasteiger partial charge in [-0.2, -0.15) is 11.8 Å². The number of nitrogens with one attached hydrogen (secondary N) is 1. The molecule has 1 N–H and O–H groups in total. The molecule has 0 atom stereocenters. The molecule has 0 aromatic heterocycles. The summed E-state index contributed by atoms with van der Waals surface area (Å²) in [6.07, 6.45) is 7.95. The van der Waals surface area contributed by atoms with E-state index in [0.29, 0.717) is 5.54 Å². The molecule has 0 aromatic rings. The second kappa shape index (κ2) is 4.86. The Morgan fingerprint density at radius 1 is 1.36 bits per heavy atom. The monoisotopic (exact) mass is 214 g/mol. The van der Waals surface area contributed by atoms with Crippen LogP contribution in [0.25, 0.3) is 0 Å². The molecule has 14 heavy (non-hydrogen) atoms. The highest BCUT2D eigenvalue weighted by atomic mass is 32.2. The summed E-state index contributed by atoms with van der Waals surface area (Å²) in [5, 5.41) is 3.58. The molecule has 2 aliphatic rings. The fraction of sp³-hybridized carbons (Fsp3) is 1.00. The second-order valence-corrected chi connectivity index (χ2v) is 5.57. The lowest BCUT2D eigenvalue weighted by Crippen LogP contribution is -2.60. The molecule has 0 bridgehead atoms. The van der Waals surface area contributed by atoms with Crippen LogP contribution < -0.4 is 5.32 Å². The Kier molecular flexibility index (Phi) is 3.74. The molecule has 2 fully saturated rings. The van der Waals surface area contributed by atoms with E-state index in [1.165, 1.54) is 57.6 Å². The van der Waals surface area contributed by atoms with Gasteiger partial charge in [0, 0.05) is 37.5 Å². The fourth-order valence-electron chi connectivity index (χ4n) is 2.96. The maximum absolute atomic E-state index is 3.58. The zero-order chi connectivity index (χ0) is 9.86. The van der Waals surface area contributed by atoms with Gasteiger partial charge in [0.15, 0.2) is 0 Å². The summed E-state index contributed by atoms with van der Waals surface area (Å²) in [6, 6.07) is 0. The molecule has 0 radical (unpaired) electrons. The molecule has 1 saturated heterocycles. The predicted molar refractivity (Wildman–Crippen MR) is 64.0 cm³/mol. The standard InChI is InChI=1S/C11H22N2S/c1-14-9-8-13-7-6-12-10-11(13)4-2-3-5-11/h12H,2-10H2,1H3. The van der Waals surface area contributed by atoms with E-state index >= 15 is 0 Å². The summed E-state index contributed by atoms with van der Waals surface area (Å²) >= 11 is 1.98. The Morgan fingerprint density at radius 2 is 2.14 bits per heavy atom. The molecular formula is C11H22N2S. The maximum Gasteiger partial charge on any atom is 0.0334 e. The first-order chi connectivity index (χ1) is 6.87. The highest BCUT2D eigenvalue weighted by Crippen LogP contribution is 2.35. The molecule has 0 amide bonds. The minimum atomic E-state index is 0.550. The average molecular weight is 214 g/mol. The van der Waals surface area contributed by atoms with Crippen molar-refractivity contribution in [2.45, 2.75) is 31.2 Å². The number of hydrogen-bond acceptors (Lipinski definition) is 3. The number of hydrogen-bond donors (Lipinski definition) is 1. The van der Waals surface area contributed by atoms with Crippen LogP contribution in [0, 0.1) is 0 Å². The lowest BCUT2D eigenvalue weighted by atomic mass is 9.93. The van der Waals surface area contributed by atoms with Crippen molar-refractivity contribution >= 4 is 11.8 Å². The largest absolute Gasteiger partial charge is 0.314 e. The first kappa shape index (κ1) is 10.8. The molecule has 82 valence electrons. The summed E-state index contributed by atoms with van der Waals surface area (Å²) in [4.78, 5) is 2.76. The topological polar surface area (TPSA) is 15.3 Å². The van der Waals surface area contributed by atoms with Gasteiger partial charge >= 0.3 is 0 Å². The van der Waals surface area contributed by atoms with Gasteiger partial charge in [-0.25, -0.2) is 0 Å². The van der Waals surface area contributed by atoms with Crippen LogP contribution in [0.2, 0.25) is 0 Å². The summed E-state index contributed by atoms with van der Waals surface area (Å²) in [5.41, 5.74) is 0.550. The highest BCUT2D eigenvalue weighted by molar-refractivity contribution is 7.98. The number of nitrogens with zero attached hydrogens (tertiary/aromatic N) is 1. The van der Waals surface area contributed by atoms with E-state index in [-0.39, 0.29) is 0 Å². The summed E-state index contributed by atoms with van der Waals surface area (Å²) < 4.78 is 0. The first-order valence-corrected chi connectivity index (χ1v) is 7.21. The van der Waals surface area contributed by atoms with Crippen LogP contribution in [0.3, 0.4) is 0 Å². The van der Waals surface area contributed by atoms with Crippen LogP contribution >= 0.6 is 11.8 Å². The molecule has 0 aromatic carbocycles. The van der Waals surface area contributed by atoms with Gasteiger partial charge in [-0.15, -0.1) is 0 Å². The van der Waals surface area contributed by atoms with Crippen LogP contribution in [-0.4, -0.2) is 48.6 Å². The van der Waals surface area contributed by atoms with E-state index in [1.807, 2.05) is 11.8 Å². The Morgan fingerprint density at radius 3 is 2.86 bits per heavy atom. The molecule has 3 heteroatoms. The average Bonchev–Trinajstić information content (AvgIpc) is 2.66. The van der Waals surface area contributed by atoms with Gasteiger partial charge < -0.3 is 5.32 Å².